The number of ether oxygens (including phenoxy) is 2. The van der Waals surface area contributed by atoms with Gasteiger partial charge in [0.25, 0.3) is 4.87 Å². The fraction of sp³-hybridized carbons (Fsp3) is 0.167. The van der Waals surface area contributed by atoms with Crippen molar-refractivity contribution in [1.82, 2.24) is 0 Å². The van der Waals surface area contributed by atoms with Gasteiger partial charge in [0.2, 0.25) is 5.78 Å². The van der Waals surface area contributed by atoms with Gasteiger partial charge in [0, 0.05) is 11.1 Å². The Labute approximate surface area is 236 Å². The molecule has 1 aliphatic rings. The fourth-order valence-corrected chi connectivity index (χ4v) is 4.70. The van der Waals surface area contributed by atoms with Crippen molar-refractivity contribution >= 4 is 33.0 Å². The van der Waals surface area contributed by atoms with Gasteiger partial charge in [-0.15, -0.1) is 0 Å². The van der Waals surface area contributed by atoms with Gasteiger partial charge in [0.1, 0.15) is 17.2 Å². The summed E-state index contributed by atoms with van der Waals surface area (Å²) in [6.07, 6.45) is -2.33. The first-order valence-electron chi connectivity index (χ1n) is 10.5. The van der Waals surface area contributed by atoms with Gasteiger partial charge in [-0.1, -0.05) is 24.3 Å². The molecule has 0 bridgehead atoms. The molecule has 2 unspecified atom stereocenters. The minimum atomic E-state index is -5.21. The molecule has 0 radical (unpaired) electrons. The number of anilines is 1. The Balaban J connectivity index is 0.00000253. The maximum Gasteiger partial charge on any atom is 1.00 e. The number of nitrogens with one attached hydrogen (secondary N) is 1. The summed E-state index contributed by atoms with van der Waals surface area (Å²) in [5, 5.41) is 22.9. The Hall–Kier alpha value is -3.13. The van der Waals surface area contributed by atoms with E-state index in [1.807, 2.05) is 0 Å². The molecule has 0 fully saturated rings. The molecule has 1 aliphatic carbocycles. The molecule has 0 saturated carbocycles. The number of hydrogen-bond donors (Lipinski definition) is 3. The van der Waals surface area contributed by atoms with Crippen LogP contribution in [0.1, 0.15) is 12.6 Å². The minimum absolute atomic E-state index is 0. The number of rotatable bonds is 7. The van der Waals surface area contributed by atoms with Crippen LogP contribution in [0, 0.1) is 0 Å². The molecule has 37 heavy (non-hydrogen) atoms. The van der Waals surface area contributed by atoms with E-state index in [0.29, 0.717) is 17.2 Å². The van der Waals surface area contributed by atoms with E-state index in [1.54, 1.807) is 42.5 Å². The van der Waals surface area contributed by atoms with Gasteiger partial charge < -0.3 is 16.0 Å². The number of aliphatic hydroxyl groups excluding tert-OH is 1. The van der Waals surface area contributed by atoms with E-state index in [-0.39, 0.29) is 53.5 Å². The summed E-state index contributed by atoms with van der Waals surface area (Å²) < 4.78 is 45.8. The van der Waals surface area contributed by atoms with Crippen molar-refractivity contribution in [2.45, 2.75) is 11.0 Å². The van der Waals surface area contributed by atoms with Crippen LogP contribution in [0.2, 0.25) is 0 Å². The summed E-state index contributed by atoms with van der Waals surface area (Å²) in [4.78, 5) is 10.4. The molecule has 0 amide bonds. The van der Waals surface area contributed by atoms with Crippen LogP contribution in [-0.4, -0.2) is 49.9 Å². The van der Waals surface area contributed by atoms with Crippen molar-refractivity contribution in [3.05, 3.63) is 83.9 Å². The van der Waals surface area contributed by atoms with Crippen LogP contribution in [0.3, 0.4) is 0 Å². The quantitative estimate of drug-likeness (QED) is 0.170. The smallest absolute Gasteiger partial charge is 1.00 e. The summed E-state index contributed by atoms with van der Waals surface area (Å²) in [6.45, 7) is 0. The molecule has 3 aromatic rings. The first-order chi connectivity index (χ1) is 17.2. The largest absolute Gasteiger partial charge is 1.00 e. The summed E-state index contributed by atoms with van der Waals surface area (Å²) in [5.41, 5.74) is 3.08. The van der Waals surface area contributed by atoms with Crippen LogP contribution in [0.4, 0.5) is 11.4 Å². The molecule has 3 aromatic carbocycles. The normalized spacial score (nSPS) is 20.3. The van der Waals surface area contributed by atoms with E-state index in [0.717, 1.165) is 0 Å². The zero-order valence-electron chi connectivity index (χ0n) is 21.2. The maximum absolute atomic E-state index is 13.2. The standard InChI is InChI=1S/C24H22N4O7S.Na.H/c1-34-17-11-7-15(8-12-17)25-27-21-19-5-3-4-6-20(19)24(36(31,32)33,23(30)22(21)29)28-26-16-9-13-18(35-2)14-10-16;;/h3-14,23,25,30H,1-2H3,(H,31,32,33);;/q;+1;-1. The number of azo groups is 1. The number of hydrazone groups is 1. The zero-order chi connectivity index (χ0) is 25.9. The van der Waals surface area contributed by atoms with E-state index >= 15 is 0 Å². The van der Waals surface area contributed by atoms with Crippen molar-refractivity contribution in [3.8, 4) is 11.5 Å². The minimum Gasteiger partial charge on any atom is -1.00 e. The van der Waals surface area contributed by atoms with Crippen molar-refractivity contribution < 1.29 is 63.3 Å². The molecule has 2 atom stereocenters. The third-order valence-electron chi connectivity index (χ3n) is 5.59. The second-order valence-electron chi connectivity index (χ2n) is 7.68. The Morgan fingerprint density at radius 1 is 0.946 bits per heavy atom. The molecule has 13 heteroatoms. The van der Waals surface area contributed by atoms with Gasteiger partial charge in [-0.3, -0.25) is 14.8 Å². The molecule has 4 rings (SSSR count). The number of nitrogens with zero attached hydrogens (tertiary/aromatic N) is 3. The molecular formula is C24H23N4NaO7S. The summed E-state index contributed by atoms with van der Waals surface area (Å²) in [6, 6.07) is 18.6. The van der Waals surface area contributed by atoms with E-state index in [2.05, 4.69) is 20.8 Å². The molecule has 3 N–H and O–H groups in total. The van der Waals surface area contributed by atoms with E-state index in [9.17, 15) is 22.9 Å². The van der Waals surface area contributed by atoms with Crippen LogP contribution in [-0.2, 0) is 19.8 Å². The molecule has 0 saturated heterocycles. The zero-order valence-corrected chi connectivity index (χ0v) is 23.0. The number of aliphatic hydroxyl groups is 1. The predicted molar refractivity (Wildman–Crippen MR) is 132 cm³/mol. The fourth-order valence-electron chi connectivity index (χ4n) is 3.71. The van der Waals surface area contributed by atoms with Crippen LogP contribution in [0.15, 0.2) is 88.1 Å². The van der Waals surface area contributed by atoms with Crippen molar-refractivity contribution in [1.29, 1.82) is 0 Å². The Morgan fingerprint density at radius 3 is 2.08 bits per heavy atom. The summed E-state index contributed by atoms with van der Waals surface area (Å²) in [7, 11) is -2.21. The summed E-state index contributed by atoms with van der Waals surface area (Å²) >= 11 is 0. The predicted octanol–water partition coefficient (Wildman–Crippen LogP) is 0.405. The molecule has 0 spiro atoms. The average Bonchev–Trinajstić information content (AvgIpc) is 2.89. The maximum atomic E-state index is 13.2. The Morgan fingerprint density at radius 2 is 1.51 bits per heavy atom. The van der Waals surface area contributed by atoms with Crippen LogP contribution in [0.25, 0.3) is 0 Å². The first-order valence-corrected chi connectivity index (χ1v) is 12.0. The topological polar surface area (TPSA) is 159 Å². The van der Waals surface area contributed by atoms with Crippen LogP contribution >= 0.6 is 0 Å². The summed E-state index contributed by atoms with van der Waals surface area (Å²) in [5.74, 6) is 0.0748. The average molecular weight is 535 g/mol. The number of Topliss-reactive ketones (excluding diaryl/α,β-unsaturated/α-hetero) is 1. The second kappa shape index (κ2) is 11.5. The van der Waals surface area contributed by atoms with Crippen molar-refractivity contribution in [3.63, 3.8) is 0 Å². The monoisotopic (exact) mass is 534 g/mol. The second-order valence-corrected chi connectivity index (χ2v) is 9.26. The van der Waals surface area contributed by atoms with Gasteiger partial charge in [-0.2, -0.15) is 23.7 Å². The molecule has 188 valence electrons. The molecular weight excluding hydrogens is 511 g/mol. The number of carbonyl (C=O) groups excluding carboxylic acids is 1. The van der Waals surface area contributed by atoms with Gasteiger partial charge in [-0.25, -0.2) is 0 Å². The number of fused-ring (bicyclic) bond motifs is 1. The SMILES string of the molecule is COc1ccc(N=NC2(S(=O)(=O)O)c3ccccc3C(=NNc3ccc(OC)cc3)C(=O)C2O)cc1.[H-].[Na+]. The first kappa shape index (κ1) is 28.4. The third-order valence-corrected chi connectivity index (χ3v) is 6.90. The third kappa shape index (κ3) is 5.44. The van der Waals surface area contributed by atoms with E-state index < -0.39 is 26.9 Å². The Bertz CT molecular complexity index is 1450. The van der Waals surface area contributed by atoms with E-state index in [4.69, 9.17) is 9.47 Å². The van der Waals surface area contributed by atoms with Crippen LogP contribution in [0.5, 0.6) is 11.5 Å². The van der Waals surface area contributed by atoms with E-state index in [1.165, 1.54) is 44.6 Å². The molecule has 0 aliphatic heterocycles. The van der Waals surface area contributed by atoms with Crippen LogP contribution < -0.4 is 44.5 Å². The number of ketones is 1. The molecule has 0 aromatic heterocycles. The van der Waals surface area contributed by atoms with Gasteiger partial charge in [-0.05, 0) is 48.5 Å². The van der Waals surface area contributed by atoms with Gasteiger partial charge in [0.05, 0.1) is 25.6 Å². The number of benzene rings is 3. The number of hydrogen-bond acceptors (Lipinski definition) is 10. The van der Waals surface area contributed by atoms with Crippen molar-refractivity contribution in [2.24, 2.45) is 15.3 Å². The molecule has 0 heterocycles. The number of carbonyl (C=O) groups is 1. The molecule has 11 nitrogen and oxygen atoms in total. The van der Waals surface area contributed by atoms with Gasteiger partial charge in [0.15, 0.2) is 6.10 Å². The Kier molecular flexibility index (Phi) is 8.84. The number of methoxy groups -OCH3 is 2. The van der Waals surface area contributed by atoms with Gasteiger partial charge >= 0.3 is 39.7 Å². The van der Waals surface area contributed by atoms with Crippen molar-refractivity contribution in [2.75, 3.05) is 19.6 Å².